The van der Waals surface area contributed by atoms with E-state index in [-0.39, 0.29) is 17.5 Å². The molecule has 1 rings (SSSR count). The van der Waals surface area contributed by atoms with Gasteiger partial charge in [0, 0.05) is 6.54 Å². The van der Waals surface area contributed by atoms with Crippen LogP contribution in [0.2, 0.25) is 5.15 Å². The normalized spacial score (nSPS) is 15.3. The molecule has 0 bridgehead atoms. The van der Waals surface area contributed by atoms with Crippen molar-refractivity contribution >= 4 is 17.4 Å². The van der Waals surface area contributed by atoms with Crippen LogP contribution in [0, 0.1) is 0 Å². The third kappa shape index (κ3) is 4.34. The highest BCUT2D eigenvalue weighted by Gasteiger charge is 2.31. The van der Waals surface area contributed by atoms with Crippen LogP contribution in [0.4, 0.5) is 19.0 Å². The molecular weight excluding hydrogens is 269 g/mol. The minimum atomic E-state index is -4.48. The summed E-state index contributed by atoms with van der Waals surface area (Å²) in [5.41, 5.74) is -1.89. The molecule has 0 saturated carbocycles. The first-order valence-corrected chi connectivity index (χ1v) is 5.73. The number of hydrogen-bond acceptors (Lipinski definition) is 3. The van der Waals surface area contributed by atoms with Gasteiger partial charge in [0.1, 0.15) is 11.0 Å². The van der Waals surface area contributed by atoms with Crippen LogP contribution in [0.25, 0.3) is 0 Å². The molecular formula is C11H14ClF3N2O. The number of hydrogen-bond donors (Lipinski definition) is 2. The number of aromatic nitrogens is 1. The molecule has 1 heterocycles. The molecule has 1 aromatic rings. The van der Waals surface area contributed by atoms with Crippen molar-refractivity contribution in [3.05, 3.63) is 22.8 Å². The fourth-order valence-electron chi connectivity index (χ4n) is 1.16. The minimum absolute atomic E-state index is 0.0106. The molecule has 18 heavy (non-hydrogen) atoms. The Balaban J connectivity index is 2.88. The van der Waals surface area contributed by atoms with Crippen LogP contribution in [0.15, 0.2) is 12.1 Å². The number of pyridine rings is 1. The Hall–Kier alpha value is -1.01. The van der Waals surface area contributed by atoms with Crippen LogP contribution >= 0.6 is 11.6 Å². The molecule has 0 aliphatic carbocycles. The summed E-state index contributed by atoms with van der Waals surface area (Å²) >= 11 is 5.53. The van der Waals surface area contributed by atoms with Crippen LogP contribution < -0.4 is 5.32 Å². The van der Waals surface area contributed by atoms with Gasteiger partial charge in [0.15, 0.2) is 0 Å². The van der Waals surface area contributed by atoms with Crippen molar-refractivity contribution in [3.63, 3.8) is 0 Å². The fraction of sp³-hybridized carbons (Fsp3) is 0.545. The van der Waals surface area contributed by atoms with Gasteiger partial charge in [-0.1, -0.05) is 18.5 Å². The predicted molar refractivity (Wildman–Crippen MR) is 63.7 cm³/mol. The monoisotopic (exact) mass is 282 g/mol. The third-order valence-corrected chi connectivity index (χ3v) is 2.73. The molecule has 0 fully saturated rings. The van der Waals surface area contributed by atoms with E-state index in [0.29, 0.717) is 6.42 Å². The average molecular weight is 283 g/mol. The Morgan fingerprint density at radius 3 is 2.50 bits per heavy atom. The van der Waals surface area contributed by atoms with E-state index in [1.54, 1.807) is 13.8 Å². The first kappa shape index (κ1) is 15.0. The maximum Gasteiger partial charge on any atom is 0.416 e. The second-order valence-corrected chi connectivity index (χ2v) is 4.65. The smallest absolute Gasteiger partial charge is 0.388 e. The van der Waals surface area contributed by atoms with Crippen molar-refractivity contribution in [1.82, 2.24) is 4.98 Å². The third-order valence-electron chi connectivity index (χ3n) is 2.53. The lowest BCUT2D eigenvalue weighted by Crippen LogP contribution is -2.32. The summed E-state index contributed by atoms with van der Waals surface area (Å²) in [6.07, 6.45) is -4.01. The Morgan fingerprint density at radius 2 is 2.00 bits per heavy atom. The zero-order valence-corrected chi connectivity index (χ0v) is 10.7. The largest absolute Gasteiger partial charge is 0.416 e. The van der Waals surface area contributed by atoms with Crippen molar-refractivity contribution in [2.75, 3.05) is 11.9 Å². The van der Waals surface area contributed by atoms with Crippen molar-refractivity contribution in [1.29, 1.82) is 0 Å². The van der Waals surface area contributed by atoms with Gasteiger partial charge < -0.3 is 10.4 Å². The van der Waals surface area contributed by atoms with Crippen LogP contribution in [-0.4, -0.2) is 22.2 Å². The number of anilines is 1. The Labute approximate surface area is 108 Å². The molecule has 3 nitrogen and oxygen atoms in total. The number of rotatable bonds is 4. The molecule has 2 N–H and O–H groups in total. The zero-order valence-electron chi connectivity index (χ0n) is 9.98. The predicted octanol–water partition coefficient (Wildman–Crippen LogP) is 3.33. The van der Waals surface area contributed by atoms with E-state index in [9.17, 15) is 18.3 Å². The van der Waals surface area contributed by atoms with Crippen LogP contribution in [0.3, 0.4) is 0 Å². The maximum absolute atomic E-state index is 12.5. The molecule has 0 radical (unpaired) electrons. The van der Waals surface area contributed by atoms with E-state index in [1.807, 2.05) is 0 Å². The van der Waals surface area contributed by atoms with Crippen molar-refractivity contribution in [2.45, 2.75) is 32.0 Å². The lowest BCUT2D eigenvalue weighted by Gasteiger charge is -2.22. The number of nitrogens with zero attached hydrogens (tertiary/aromatic N) is 1. The second kappa shape index (κ2) is 5.32. The van der Waals surface area contributed by atoms with Crippen molar-refractivity contribution in [2.24, 2.45) is 0 Å². The lowest BCUT2D eigenvalue weighted by atomic mass is 10.0. The molecule has 0 spiro atoms. The standard InChI is InChI=1S/C11H14ClF3N2O/c1-3-10(2,18)6-16-9-5-7(11(13,14)15)4-8(12)17-9/h4-5,18H,3,6H2,1-2H3,(H,16,17). The van der Waals surface area contributed by atoms with Gasteiger partial charge in [-0.2, -0.15) is 13.2 Å². The first-order chi connectivity index (χ1) is 8.14. The lowest BCUT2D eigenvalue weighted by molar-refractivity contribution is -0.137. The molecule has 0 amide bonds. The van der Waals surface area contributed by atoms with Gasteiger partial charge in [0.05, 0.1) is 11.2 Å². The first-order valence-electron chi connectivity index (χ1n) is 5.35. The summed E-state index contributed by atoms with van der Waals surface area (Å²) in [6, 6.07) is 1.61. The molecule has 0 aliphatic heterocycles. The molecule has 0 saturated heterocycles. The Kier molecular flexibility index (Phi) is 4.45. The van der Waals surface area contributed by atoms with Gasteiger partial charge >= 0.3 is 6.18 Å². The summed E-state index contributed by atoms with van der Waals surface area (Å²) in [5, 5.41) is 12.1. The van der Waals surface area contributed by atoms with E-state index < -0.39 is 17.3 Å². The van der Waals surface area contributed by atoms with Gasteiger partial charge in [-0.05, 0) is 25.5 Å². The summed E-state index contributed by atoms with van der Waals surface area (Å²) in [6.45, 7) is 3.44. The van der Waals surface area contributed by atoms with Crippen LogP contribution in [-0.2, 0) is 6.18 Å². The Bertz CT molecular complexity index is 421. The van der Waals surface area contributed by atoms with Gasteiger partial charge in [0.25, 0.3) is 0 Å². The molecule has 1 atom stereocenters. The highest BCUT2D eigenvalue weighted by molar-refractivity contribution is 6.29. The minimum Gasteiger partial charge on any atom is -0.388 e. The van der Waals surface area contributed by atoms with E-state index >= 15 is 0 Å². The molecule has 0 aromatic carbocycles. The van der Waals surface area contributed by atoms with E-state index in [1.165, 1.54) is 0 Å². The van der Waals surface area contributed by atoms with Gasteiger partial charge in [-0.15, -0.1) is 0 Å². The second-order valence-electron chi connectivity index (χ2n) is 4.27. The topological polar surface area (TPSA) is 45.1 Å². The summed E-state index contributed by atoms with van der Waals surface area (Å²) in [4.78, 5) is 3.73. The van der Waals surface area contributed by atoms with Crippen LogP contribution in [0.1, 0.15) is 25.8 Å². The van der Waals surface area contributed by atoms with Crippen LogP contribution in [0.5, 0.6) is 0 Å². The molecule has 1 unspecified atom stereocenters. The molecule has 0 aliphatic rings. The number of alkyl halides is 3. The van der Waals surface area contributed by atoms with Gasteiger partial charge in [-0.25, -0.2) is 4.98 Å². The summed E-state index contributed by atoms with van der Waals surface area (Å²) in [7, 11) is 0. The van der Waals surface area contributed by atoms with Gasteiger partial charge in [0.2, 0.25) is 0 Å². The Morgan fingerprint density at radius 1 is 1.39 bits per heavy atom. The number of nitrogens with one attached hydrogen (secondary N) is 1. The van der Waals surface area contributed by atoms with Gasteiger partial charge in [-0.3, -0.25) is 0 Å². The number of halogens is 4. The fourth-order valence-corrected chi connectivity index (χ4v) is 1.37. The highest BCUT2D eigenvalue weighted by atomic mass is 35.5. The summed E-state index contributed by atoms with van der Waals surface area (Å²) in [5.74, 6) is -0.0106. The average Bonchev–Trinajstić information content (AvgIpc) is 2.25. The maximum atomic E-state index is 12.5. The number of aliphatic hydroxyl groups is 1. The quantitative estimate of drug-likeness (QED) is 0.833. The highest BCUT2D eigenvalue weighted by Crippen LogP contribution is 2.32. The van der Waals surface area contributed by atoms with E-state index in [4.69, 9.17) is 11.6 Å². The zero-order chi connectivity index (χ0) is 14.0. The van der Waals surface area contributed by atoms with E-state index in [0.717, 1.165) is 12.1 Å². The van der Waals surface area contributed by atoms with Crippen molar-refractivity contribution in [3.8, 4) is 0 Å². The van der Waals surface area contributed by atoms with Crippen molar-refractivity contribution < 1.29 is 18.3 Å². The van der Waals surface area contributed by atoms with E-state index in [2.05, 4.69) is 10.3 Å². The summed E-state index contributed by atoms with van der Waals surface area (Å²) < 4.78 is 37.6. The molecule has 102 valence electrons. The molecule has 7 heteroatoms. The SMILES string of the molecule is CCC(C)(O)CNc1cc(C(F)(F)F)cc(Cl)n1. The molecule has 1 aromatic heterocycles.